The molecule has 18 heavy (non-hydrogen) atoms. The first-order valence-electron chi connectivity index (χ1n) is 6.24. The second-order valence-corrected chi connectivity index (χ2v) is 3.91. The lowest BCUT2D eigenvalue weighted by molar-refractivity contribution is -0.173. The van der Waals surface area contributed by atoms with Crippen molar-refractivity contribution in [3.8, 4) is 0 Å². The van der Waals surface area contributed by atoms with E-state index < -0.39 is 18.9 Å². The van der Waals surface area contributed by atoms with E-state index in [4.69, 9.17) is 14.9 Å². The summed E-state index contributed by atoms with van der Waals surface area (Å²) in [6.07, 6.45) is 1.79. The maximum Gasteiger partial charge on any atom is 0.308 e. The fraction of sp³-hybridized carbons (Fsp3) is 0.833. The number of rotatable bonds is 10. The van der Waals surface area contributed by atoms with E-state index in [2.05, 4.69) is 4.74 Å². The molecule has 0 bridgehead atoms. The van der Waals surface area contributed by atoms with Gasteiger partial charge in [-0.25, -0.2) is 0 Å². The molecule has 106 valence electrons. The Morgan fingerprint density at radius 1 is 1.11 bits per heavy atom. The van der Waals surface area contributed by atoms with Gasteiger partial charge in [0.1, 0.15) is 6.61 Å². The molecule has 0 aromatic carbocycles. The molecule has 0 aromatic heterocycles. The van der Waals surface area contributed by atoms with Crippen LogP contribution in [0, 0.1) is 0 Å². The predicted octanol–water partition coefficient (Wildman–Crippen LogP) is 0.744. The van der Waals surface area contributed by atoms with Gasteiger partial charge in [0.05, 0.1) is 6.61 Å². The molecule has 0 rings (SSSR count). The average Bonchev–Trinajstić information content (AvgIpc) is 2.34. The number of aliphatic hydroxyl groups excluding tert-OH is 2. The zero-order valence-electron chi connectivity index (χ0n) is 10.8. The molecule has 0 fully saturated rings. The molecule has 6 heteroatoms. The maximum absolute atomic E-state index is 11.2. The van der Waals surface area contributed by atoms with Crippen molar-refractivity contribution in [2.45, 2.75) is 51.7 Å². The molecule has 0 aliphatic heterocycles. The minimum Gasteiger partial charge on any atom is -0.466 e. The van der Waals surface area contributed by atoms with Crippen LogP contribution in [0.4, 0.5) is 0 Å². The lowest BCUT2D eigenvalue weighted by Crippen LogP contribution is -2.20. The SMILES string of the molecule is CCCCOC(=O)CCCCC(=O)OC(O)CO. The number of esters is 2. The molecule has 0 radical (unpaired) electrons. The first kappa shape index (κ1) is 16.9. The highest BCUT2D eigenvalue weighted by Gasteiger charge is 2.10. The third-order valence-electron chi connectivity index (χ3n) is 2.20. The summed E-state index contributed by atoms with van der Waals surface area (Å²) in [4.78, 5) is 22.2. The first-order valence-corrected chi connectivity index (χ1v) is 6.24. The number of hydrogen-bond donors (Lipinski definition) is 2. The number of carbonyl (C=O) groups excluding carboxylic acids is 2. The van der Waals surface area contributed by atoms with E-state index in [0.717, 1.165) is 12.8 Å². The average molecular weight is 262 g/mol. The third kappa shape index (κ3) is 10.0. The fourth-order valence-corrected chi connectivity index (χ4v) is 1.19. The van der Waals surface area contributed by atoms with Crippen molar-refractivity contribution in [3.63, 3.8) is 0 Å². The van der Waals surface area contributed by atoms with Gasteiger partial charge in [-0.1, -0.05) is 13.3 Å². The Kier molecular flexibility index (Phi) is 10.3. The van der Waals surface area contributed by atoms with Crippen LogP contribution in [0.5, 0.6) is 0 Å². The van der Waals surface area contributed by atoms with Crippen LogP contribution >= 0.6 is 0 Å². The van der Waals surface area contributed by atoms with E-state index >= 15 is 0 Å². The van der Waals surface area contributed by atoms with Crippen LogP contribution < -0.4 is 0 Å². The standard InChI is InChI=1S/C12H22O6/c1-2-3-8-17-10(14)6-4-5-7-11(15)18-12(16)9-13/h12-13,16H,2-9H2,1H3. The Morgan fingerprint density at radius 2 is 1.72 bits per heavy atom. The molecule has 2 N–H and O–H groups in total. The molecule has 1 atom stereocenters. The van der Waals surface area contributed by atoms with Crippen LogP contribution in [0.25, 0.3) is 0 Å². The van der Waals surface area contributed by atoms with Crippen LogP contribution in [-0.2, 0) is 19.1 Å². The highest BCUT2D eigenvalue weighted by atomic mass is 16.6. The summed E-state index contributed by atoms with van der Waals surface area (Å²) in [6, 6.07) is 0. The second kappa shape index (κ2) is 11.0. The molecular formula is C12H22O6. The Bertz CT molecular complexity index is 241. The summed E-state index contributed by atoms with van der Waals surface area (Å²) in [5, 5.41) is 17.3. The molecule has 0 aliphatic rings. The maximum atomic E-state index is 11.2. The van der Waals surface area contributed by atoms with Crippen molar-refractivity contribution < 1.29 is 29.3 Å². The Hall–Kier alpha value is -1.14. The minimum absolute atomic E-state index is 0.110. The van der Waals surface area contributed by atoms with Crippen LogP contribution in [0.15, 0.2) is 0 Å². The fourth-order valence-electron chi connectivity index (χ4n) is 1.19. The number of ether oxygens (including phenoxy) is 2. The molecule has 0 saturated heterocycles. The van der Waals surface area contributed by atoms with Crippen LogP contribution in [-0.4, -0.2) is 41.7 Å². The van der Waals surface area contributed by atoms with E-state index in [0.29, 0.717) is 19.4 Å². The van der Waals surface area contributed by atoms with Gasteiger partial charge in [-0.3, -0.25) is 9.59 Å². The van der Waals surface area contributed by atoms with E-state index in [-0.39, 0.29) is 18.8 Å². The number of carbonyl (C=O) groups is 2. The summed E-state index contributed by atoms with van der Waals surface area (Å²) in [7, 11) is 0. The molecular weight excluding hydrogens is 240 g/mol. The number of hydrogen-bond acceptors (Lipinski definition) is 6. The largest absolute Gasteiger partial charge is 0.466 e. The monoisotopic (exact) mass is 262 g/mol. The molecule has 0 aromatic rings. The summed E-state index contributed by atoms with van der Waals surface area (Å²) in [5.41, 5.74) is 0. The third-order valence-corrected chi connectivity index (χ3v) is 2.20. The highest BCUT2D eigenvalue weighted by Crippen LogP contribution is 2.04. The molecule has 0 spiro atoms. The van der Waals surface area contributed by atoms with Gasteiger partial charge in [-0.2, -0.15) is 0 Å². The normalized spacial score (nSPS) is 11.9. The van der Waals surface area contributed by atoms with Crippen LogP contribution in [0.3, 0.4) is 0 Å². The summed E-state index contributed by atoms with van der Waals surface area (Å²) >= 11 is 0. The van der Waals surface area contributed by atoms with Gasteiger partial charge in [0.25, 0.3) is 0 Å². The highest BCUT2D eigenvalue weighted by molar-refractivity contribution is 5.70. The molecule has 0 heterocycles. The van der Waals surface area contributed by atoms with Gasteiger partial charge in [-0.05, 0) is 19.3 Å². The number of aliphatic hydroxyl groups is 2. The van der Waals surface area contributed by atoms with Crippen molar-refractivity contribution in [3.05, 3.63) is 0 Å². The van der Waals surface area contributed by atoms with Crippen molar-refractivity contribution in [1.82, 2.24) is 0 Å². The van der Waals surface area contributed by atoms with Gasteiger partial charge in [0.2, 0.25) is 6.29 Å². The molecule has 0 aliphatic carbocycles. The predicted molar refractivity (Wildman–Crippen MR) is 63.5 cm³/mol. The van der Waals surface area contributed by atoms with Gasteiger partial charge >= 0.3 is 11.9 Å². The molecule has 1 unspecified atom stereocenters. The summed E-state index contributed by atoms with van der Waals surface area (Å²) in [5.74, 6) is -0.844. The lowest BCUT2D eigenvalue weighted by atomic mass is 10.2. The topological polar surface area (TPSA) is 93.1 Å². The zero-order chi connectivity index (χ0) is 13.8. The van der Waals surface area contributed by atoms with E-state index in [9.17, 15) is 9.59 Å². The van der Waals surface area contributed by atoms with E-state index in [1.165, 1.54) is 0 Å². The second-order valence-electron chi connectivity index (χ2n) is 3.91. The van der Waals surface area contributed by atoms with Crippen molar-refractivity contribution in [1.29, 1.82) is 0 Å². The number of unbranched alkanes of at least 4 members (excludes halogenated alkanes) is 2. The molecule has 0 saturated carbocycles. The Balaban J connectivity index is 3.43. The van der Waals surface area contributed by atoms with Gasteiger partial charge in [0, 0.05) is 12.8 Å². The first-order chi connectivity index (χ1) is 8.60. The Morgan fingerprint density at radius 3 is 2.28 bits per heavy atom. The summed E-state index contributed by atoms with van der Waals surface area (Å²) < 4.78 is 9.38. The zero-order valence-corrected chi connectivity index (χ0v) is 10.8. The van der Waals surface area contributed by atoms with Crippen molar-refractivity contribution in [2.24, 2.45) is 0 Å². The molecule has 6 nitrogen and oxygen atoms in total. The smallest absolute Gasteiger partial charge is 0.308 e. The molecule has 0 amide bonds. The van der Waals surface area contributed by atoms with E-state index in [1.54, 1.807) is 0 Å². The van der Waals surface area contributed by atoms with Crippen LogP contribution in [0.1, 0.15) is 45.4 Å². The van der Waals surface area contributed by atoms with Gasteiger partial charge in [0.15, 0.2) is 0 Å². The van der Waals surface area contributed by atoms with Gasteiger partial charge < -0.3 is 19.7 Å². The quantitative estimate of drug-likeness (QED) is 0.343. The van der Waals surface area contributed by atoms with Gasteiger partial charge in [-0.15, -0.1) is 0 Å². The van der Waals surface area contributed by atoms with Crippen molar-refractivity contribution in [2.75, 3.05) is 13.2 Å². The van der Waals surface area contributed by atoms with Crippen LogP contribution in [0.2, 0.25) is 0 Å². The summed E-state index contributed by atoms with van der Waals surface area (Å²) in [6.45, 7) is 1.84. The lowest BCUT2D eigenvalue weighted by Gasteiger charge is -2.08. The van der Waals surface area contributed by atoms with Crippen molar-refractivity contribution >= 4 is 11.9 Å². The van der Waals surface area contributed by atoms with E-state index in [1.807, 2.05) is 6.92 Å². The Labute approximate surface area is 107 Å². The minimum atomic E-state index is -1.46.